The number of phosphoric ester groups is 2. The molecule has 0 aromatic rings. The first-order chi connectivity index (χ1) is 62.2. The van der Waals surface area contributed by atoms with Crippen molar-refractivity contribution < 1.29 is 75.8 Å². The van der Waals surface area contributed by atoms with Crippen LogP contribution >= 0.6 is 15.6 Å². The van der Waals surface area contributed by atoms with E-state index in [0.29, 0.717) is 19.3 Å². The van der Waals surface area contributed by atoms with Crippen LogP contribution in [-0.4, -0.2) is 95.9 Å². The molecule has 0 amide bonds. The highest BCUT2D eigenvalue weighted by molar-refractivity contribution is 7.47. The number of hydrogen-bond acceptors (Lipinski definition) is 14. The Morgan fingerprint density at radius 1 is 0.228 bits per heavy atom. The van der Waals surface area contributed by atoms with Gasteiger partial charge in [0.15, 0.2) is 6.10 Å². The van der Waals surface area contributed by atoms with E-state index in [1.807, 2.05) is 0 Å². The summed E-state index contributed by atoms with van der Waals surface area (Å²) < 4.78 is 61.7. The number of phosphoric acid groups is 2. The number of aliphatic hydroxyl groups excluding tert-OH is 2. The van der Waals surface area contributed by atoms with Gasteiger partial charge in [-0.3, -0.25) is 32.5 Å². The average molecular weight is 1820 g/mol. The van der Waals surface area contributed by atoms with Gasteiger partial charge in [0.05, 0.1) is 26.4 Å². The molecule has 5 unspecified atom stereocenters. The third kappa shape index (κ3) is 101. The van der Waals surface area contributed by atoms with Crippen molar-refractivity contribution >= 4 is 33.6 Å². The number of carbonyl (C=O) groups excluding carboxylic acids is 3. The Morgan fingerprint density at radius 3 is 0.661 bits per heavy atom. The molecule has 0 rings (SSSR count). The van der Waals surface area contributed by atoms with Gasteiger partial charge in [-0.05, 0) is 161 Å². The van der Waals surface area contributed by atoms with Gasteiger partial charge >= 0.3 is 33.6 Å². The van der Waals surface area contributed by atoms with Gasteiger partial charge in [0, 0.05) is 19.3 Å². The van der Waals surface area contributed by atoms with Crippen LogP contribution in [0, 0.1) is 0 Å². The van der Waals surface area contributed by atoms with Crippen molar-refractivity contribution in [3.05, 3.63) is 170 Å². The Balaban J connectivity index is 4.58. The van der Waals surface area contributed by atoms with E-state index in [1.165, 1.54) is 238 Å². The molecule has 16 nitrogen and oxygen atoms in total. The van der Waals surface area contributed by atoms with Crippen molar-refractivity contribution in [1.29, 1.82) is 0 Å². The fourth-order valence-corrected chi connectivity index (χ4v) is 15.7. The molecule has 0 fully saturated rings. The van der Waals surface area contributed by atoms with Crippen molar-refractivity contribution in [2.24, 2.45) is 0 Å². The van der Waals surface area contributed by atoms with E-state index < -0.39 is 91.5 Å². The second-order valence-corrected chi connectivity index (χ2v) is 37.2. The van der Waals surface area contributed by atoms with Gasteiger partial charge < -0.3 is 34.2 Å². The molecule has 0 saturated heterocycles. The van der Waals surface area contributed by atoms with Gasteiger partial charge in [-0.1, -0.05) is 435 Å². The first-order valence-corrected chi connectivity index (χ1v) is 54.4. The molecule has 5 atom stereocenters. The van der Waals surface area contributed by atoms with Crippen molar-refractivity contribution in [3.8, 4) is 0 Å². The van der Waals surface area contributed by atoms with E-state index in [4.69, 9.17) is 32.3 Å². The predicted octanol–water partition coefficient (Wildman–Crippen LogP) is 32.6. The van der Waals surface area contributed by atoms with Crippen LogP contribution in [0.2, 0.25) is 0 Å². The second kappa shape index (κ2) is 99.9. The van der Waals surface area contributed by atoms with E-state index in [0.717, 1.165) is 148 Å². The maximum absolute atomic E-state index is 13.1. The number of esters is 3. The standard InChI is InChI=1S/C109H188O16P2/c1-4-7-10-13-16-19-22-25-28-31-34-37-40-43-45-47-49-50-51-52-54-56-57-60-62-65-68-71-74-77-80-83-86-89-92-95-107(112)119-98-104(110)99-121-126(115,116)122-100-105(111)101-123-127(117,118)124-103-106(125-109(114)97-94-91-88-85-82-79-76-73-70-67-64-59-42-39-36-33-30-27-24-21-18-15-12-9-6-3)102-120-108(113)96-93-90-87-84-81-78-75-72-69-66-63-61-58-55-53-48-46-44-41-38-35-32-29-26-23-20-17-14-11-8-5-2/h7,10,16-21,25-30,34-39,43-46,49-50,59,64,104-106,110-111H,4-6,8-9,11-15,22-24,31-33,40-42,47-48,51-58,60-63,65-103H2,1-3H3,(H,115,116)(H,117,118)/b10-7-,19-16-,20-17-,21-18-,28-25-,29-26-,30-27-,37-34-,38-35-,39-36-,45-43-,46-44-,50-49-,64-59-. The lowest BCUT2D eigenvalue weighted by Crippen LogP contribution is -2.30. The highest BCUT2D eigenvalue weighted by Crippen LogP contribution is 2.45. The molecular weight excluding hydrogens is 1630 g/mol. The van der Waals surface area contributed by atoms with Crippen molar-refractivity contribution in [1.82, 2.24) is 0 Å². The molecule has 730 valence electrons. The maximum atomic E-state index is 13.1. The summed E-state index contributed by atoms with van der Waals surface area (Å²) in [7, 11) is -9.82. The molecule has 0 aromatic heterocycles. The van der Waals surface area contributed by atoms with Crippen molar-refractivity contribution in [2.45, 2.75) is 463 Å². The van der Waals surface area contributed by atoms with Gasteiger partial charge in [0.25, 0.3) is 0 Å². The summed E-state index contributed by atoms with van der Waals surface area (Å²) >= 11 is 0. The van der Waals surface area contributed by atoms with Crippen molar-refractivity contribution in [3.63, 3.8) is 0 Å². The number of ether oxygens (including phenoxy) is 3. The molecule has 0 aromatic carbocycles. The maximum Gasteiger partial charge on any atom is 0.472 e. The van der Waals surface area contributed by atoms with Crippen LogP contribution in [0.15, 0.2) is 170 Å². The summed E-state index contributed by atoms with van der Waals surface area (Å²) in [4.78, 5) is 59.2. The zero-order valence-corrected chi connectivity index (χ0v) is 82.7. The van der Waals surface area contributed by atoms with Gasteiger partial charge in [0.1, 0.15) is 25.4 Å². The van der Waals surface area contributed by atoms with Gasteiger partial charge in [0.2, 0.25) is 0 Å². The SMILES string of the molecule is CC/C=C\C/C=C\C/C=C\C/C=C\C/C=C\C/C=C\CCCCCCCCCCCCCCCCCCC(=O)OCC(O)COP(=O)(O)OCC(O)COP(=O)(O)OCC(COC(=O)CCCCCCCCCCCCCCCCC/C=C\C/C=C\C/C=C\C/C=C\CCCCC)OC(=O)CCCCCCCCCCC/C=C\C/C=C\C/C=C\C/C=C\CCCCC. The number of aliphatic hydroxyl groups is 2. The van der Waals surface area contributed by atoms with E-state index in [9.17, 15) is 43.5 Å². The van der Waals surface area contributed by atoms with Crippen LogP contribution in [0.5, 0.6) is 0 Å². The van der Waals surface area contributed by atoms with Crippen LogP contribution in [0.3, 0.4) is 0 Å². The Morgan fingerprint density at radius 2 is 0.417 bits per heavy atom. The molecule has 0 heterocycles. The first kappa shape index (κ1) is 122. The highest BCUT2D eigenvalue weighted by Gasteiger charge is 2.30. The third-order valence-corrected chi connectivity index (χ3v) is 23.8. The number of unbranched alkanes of at least 4 members (excludes halogenated alkanes) is 46. The molecule has 0 spiro atoms. The monoisotopic (exact) mass is 1820 g/mol. The van der Waals surface area contributed by atoms with Crippen LogP contribution in [-0.2, 0) is 55.8 Å². The minimum atomic E-state index is -4.95. The zero-order valence-electron chi connectivity index (χ0n) is 80.9. The molecule has 0 saturated carbocycles. The zero-order chi connectivity index (χ0) is 92.1. The number of hydrogen-bond donors (Lipinski definition) is 4. The minimum Gasteiger partial charge on any atom is -0.463 e. The molecule has 0 bridgehead atoms. The smallest absolute Gasteiger partial charge is 0.463 e. The topological polar surface area (TPSA) is 231 Å². The Bertz CT molecular complexity index is 2990. The quantitative estimate of drug-likeness (QED) is 0.0146. The van der Waals surface area contributed by atoms with Gasteiger partial charge in [-0.15, -0.1) is 0 Å². The fourth-order valence-electron chi connectivity index (χ4n) is 14.1. The summed E-state index contributed by atoms with van der Waals surface area (Å²) in [6.45, 7) is 2.58. The van der Waals surface area contributed by atoms with Gasteiger partial charge in [-0.2, -0.15) is 0 Å². The van der Waals surface area contributed by atoms with Gasteiger partial charge in [-0.25, -0.2) is 9.13 Å². The van der Waals surface area contributed by atoms with E-state index in [-0.39, 0.29) is 19.3 Å². The summed E-state index contributed by atoms with van der Waals surface area (Å²) in [5.74, 6) is -1.57. The third-order valence-electron chi connectivity index (χ3n) is 21.9. The molecule has 0 radical (unpaired) electrons. The number of allylic oxidation sites excluding steroid dienone is 28. The molecule has 4 N–H and O–H groups in total. The van der Waals surface area contributed by atoms with Crippen LogP contribution < -0.4 is 0 Å². The molecular formula is C109H188O16P2. The van der Waals surface area contributed by atoms with E-state index in [1.54, 1.807) is 0 Å². The van der Waals surface area contributed by atoms with Crippen molar-refractivity contribution in [2.75, 3.05) is 39.6 Å². The summed E-state index contributed by atoms with van der Waals surface area (Å²) in [5.41, 5.74) is 0. The summed E-state index contributed by atoms with van der Waals surface area (Å²) in [6.07, 6.45) is 131. The highest BCUT2D eigenvalue weighted by atomic mass is 31.2. The Hall–Kier alpha value is -5.09. The first-order valence-electron chi connectivity index (χ1n) is 51.4. The molecule has 0 aliphatic carbocycles. The normalized spacial score (nSPS) is 14.4. The lowest BCUT2D eigenvalue weighted by Gasteiger charge is -2.21. The van der Waals surface area contributed by atoms with Crippen LogP contribution in [0.4, 0.5) is 0 Å². The molecule has 0 aliphatic rings. The summed E-state index contributed by atoms with van der Waals surface area (Å²) in [5, 5.41) is 20.8. The Labute approximate surface area is 777 Å². The van der Waals surface area contributed by atoms with Crippen LogP contribution in [0.1, 0.15) is 445 Å². The molecule has 127 heavy (non-hydrogen) atoms. The average Bonchev–Trinajstić information content (AvgIpc) is 0.899. The molecule has 0 aliphatic heterocycles. The second-order valence-electron chi connectivity index (χ2n) is 34.3. The predicted molar refractivity (Wildman–Crippen MR) is 537 cm³/mol. The van der Waals surface area contributed by atoms with E-state index >= 15 is 0 Å². The number of carbonyl (C=O) groups is 3. The fraction of sp³-hybridized carbons (Fsp3) is 0.716. The Kier molecular flexibility index (Phi) is 95.9. The lowest BCUT2D eigenvalue weighted by molar-refractivity contribution is -0.161. The molecule has 18 heteroatoms. The van der Waals surface area contributed by atoms with E-state index in [2.05, 4.69) is 191 Å². The van der Waals surface area contributed by atoms with Crippen LogP contribution in [0.25, 0.3) is 0 Å². The summed E-state index contributed by atoms with van der Waals surface area (Å²) in [6, 6.07) is 0. The minimum absolute atomic E-state index is 0.0954. The largest absolute Gasteiger partial charge is 0.472 e. The number of rotatable bonds is 97. The lowest BCUT2D eigenvalue weighted by atomic mass is 10.0.